The Morgan fingerprint density at radius 3 is 2.28 bits per heavy atom. The van der Waals surface area contributed by atoms with Gasteiger partial charge in [-0.25, -0.2) is 8.78 Å². The van der Waals surface area contributed by atoms with Crippen LogP contribution in [-0.2, 0) is 0 Å². The standard InChI is InChI=1S/C14H22F2N2/c1-9(14(2,3)4)7-13(18-17)10-5-6-11(15)12(16)8-10/h5-6,8-9,13,18H,7,17H2,1-4H3. The Balaban J connectivity index is 2.86. The first kappa shape index (κ1) is 15.1. The van der Waals surface area contributed by atoms with Gasteiger partial charge in [-0.3, -0.25) is 11.3 Å². The Kier molecular flexibility index (Phi) is 4.82. The van der Waals surface area contributed by atoms with Crippen molar-refractivity contribution in [2.75, 3.05) is 0 Å². The third-order valence-corrected chi connectivity index (χ3v) is 3.61. The fraction of sp³-hybridized carbons (Fsp3) is 0.571. The van der Waals surface area contributed by atoms with Crippen LogP contribution in [0.1, 0.15) is 45.7 Å². The molecule has 2 atom stereocenters. The minimum atomic E-state index is -0.837. The van der Waals surface area contributed by atoms with Crippen LogP contribution >= 0.6 is 0 Å². The van der Waals surface area contributed by atoms with E-state index < -0.39 is 11.6 Å². The zero-order chi connectivity index (χ0) is 13.9. The monoisotopic (exact) mass is 256 g/mol. The molecule has 0 heterocycles. The van der Waals surface area contributed by atoms with Crippen LogP contribution in [0, 0.1) is 23.0 Å². The van der Waals surface area contributed by atoms with Gasteiger partial charge < -0.3 is 0 Å². The van der Waals surface area contributed by atoms with Crippen LogP contribution < -0.4 is 11.3 Å². The molecule has 0 aromatic heterocycles. The Morgan fingerprint density at radius 1 is 1.22 bits per heavy atom. The van der Waals surface area contributed by atoms with Crippen LogP contribution in [-0.4, -0.2) is 0 Å². The molecule has 0 spiro atoms. The molecule has 18 heavy (non-hydrogen) atoms. The van der Waals surface area contributed by atoms with E-state index in [1.54, 1.807) is 6.07 Å². The van der Waals surface area contributed by atoms with E-state index in [4.69, 9.17) is 5.84 Å². The molecule has 0 bridgehead atoms. The quantitative estimate of drug-likeness (QED) is 0.638. The first-order valence-electron chi connectivity index (χ1n) is 6.16. The van der Waals surface area contributed by atoms with Crippen LogP contribution in [0.2, 0.25) is 0 Å². The van der Waals surface area contributed by atoms with E-state index in [1.165, 1.54) is 6.07 Å². The summed E-state index contributed by atoms with van der Waals surface area (Å²) in [5, 5.41) is 0. The highest BCUT2D eigenvalue weighted by Crippen LogP contribution is 2.33. The molecule has 1 aromatic carbocycles. The zero-order valence-electron chi connectivity index (χ0n) is 11.4. The average Bonchev–Trinajstić information content (AvgIpc) is 2.28. The molecule has 0 fully saturated rings. The smallest absolute Gasteiger partial charge is 0.159 e. The lowest BCUT2D eigenvalue weighted by Crippen LogP contribution is -2.32. The zero-order valence-corrected chi connectivity index (χ0v) is 11.4. The second-order valence-electron chi connectivity index (χ2n) is 5.90. The van der Waals surface area contributed by atoms with Crippen molar-refractivity contribution in [3.63, 3.8) is 0 Å². The molecular weight excluding hydrogens is 234 g/mol. The van der Waals surface area contributed by atoms with Crippen LogP contribution in [0.3, 0.4) is 0 Å². The van der Waals surface area contributed by atoms with Gasteiger partial charge in [-0.05, 0) is 35.4 Å². The second-order valence-corrected chi connectivity index (χ2v) is 5.90. The summed E-state index contributed by atoms with van der Waals surface area (Å²) < 4.78 is 26.1. The summed E-state index contributed by atoms with van der Waals surface area (Å²) in [5.41, 5.74) is 3.50. The van der Waals surface area contributed by atoms with Crippen LogP contribution in [0.15, 0.2) is 18.2 Å². The third-order valence-electron chi connectivity index (χ3n) is 3.61. The second kappa shape index (κ2) is 5.76. The summed E-state index contributed by atoms with van der Waals surface area (Å²) in [6.07, 6.45) is 0.769. The maximum Gasteiger partial charge on any atom is 0.159 e. The van der Waals surface area contributed by atoms with E-state index >= 15 is 0 Å². The minimum Gasteiger partial charge on any atom is -0.271 e. The van der Waals surface area contributed by atoms with Crippen molar-refractivity contribution in [2.24, 2.45) is 17.2 Å². The molecule has 4 heteroatoms. The Labute approximate surface area is 108 Å². The van der Waals surface area contributed by atoms with Crippen LogP contribution in [0.25, 0.3) is 0 Å². The van der Waals surface area contributed by atoms with Crippen molar-refractivity contribution in [1.29, 1.82) is 0 Å². The summed E-state index contributed by atoms with van der Waals surface area (Å²) in [4.78, 5) is 0. The van der Waals surface area contributed by atoms with Gasteiger partial charge in [0, 0.05) is 6.04 Å². The summed E-state index contributed by atoms with van der Waals surface area (Å²) in [6, 6.07) is 3.74. The van der Waals surface area contributed by atoms with Crippen molar-refractivity contribution in [1.82, 2.24) is 5.43 Å². The summed E-state index contributed by atoms with van der Waals surface area (Å²) in [6.45, 7) is 8.58. The van der Waals surface area contributed by atoms with Crippen LogP contribution in [0.4, 0.5) is 8.78 Å². The molecule has 0 aliphatic rings. The molecule has 0 amide bonds. The van der Waals surface area contributed by atoms with Crippen LogP contribution in [0.5, 0.6) is 0 Å². The fourth-order valence-corrected chi connectivity index (χ4v) is 1.74. The number of hydrogen-bond acceptors (Lipinski definition) is 2. The SMILES string of the molecule is CC(CC(NN)c1ccc(F)c(F)c1)C(C)(C)C. The molecule has 0 aliphatic heterocycles. The van der Waals surface area contributed by atoms with Crippen molar-refractivity contribution in [3.8, 4) is 0 Å². The highest BCUT2D eigenvalue weighted by Gasteiger charge is 2.24. The van der Waals surface area contributed by atoms with Gasteiger partial charge in [0.2, 0.25) is 0 Å². The summed E-state index contributed by atoms with van der Waals surface area (Å²) >= 11 is 0. The number of hydrazine groups is 1. The van der Waals surface area contributed by atoms with Crippen molar-refractivity contribution < 1.29 is 8.78 Å². The van der Waals surface area contributed by atoms with Crippen molar-refractivity contribution in [3.05, 3.63) is 35.4 Å². The van der Waals surface area contributed by atoms with Gasteiger partial charge in [-0.1, -0.05) is 33.8 Å². The van der Waals surface area contributed by atoms with E-state index in [2.05, 4.69) is 33.1 Å². The maximum atomic E-state index is 13.2. The predicted molar refractivity (Wildman–Crippen MR) is 69.7 cm³/mol. The molecule has 3 N–H and O–H groups in total. The summed E-state index contributed by atoms with van der Waals surface area (Å²) in [7, 11) is 0. The number of nitrogens with one attached hydrogen (secondary N) is 1. The molecule has 102 valence electrons. The van der Waals surface area contributed by atoms with Gasteiger partial charge in [0.15, 0.2) is 11.6 Å². The first-order valence-corrected chi connectivity index (χ1v) is 6.16. The lowest BCUT2D eigenvalue weighted by Gasteiger charge is -2.30. The molecule has 2 nitrogen and oxygen atoms in total. The lowest BCUT2D eigenvalue weighted by atomic mass is 9.77. The normalized spacial score (nSPS) is 15.5. The topological polar surface area (TPSA) is 38.0 Å². The van der Waals surface area contributed by atoms with Gasteiger partial charge in [-0.15, -0.1) is 0 Å². The van der Waals surface area contributed by atoms with Gasteiger partial charge in [0.25, 0.3) is 0 Å². The predicted octanol–water partition coefficient (Wildman–Crippen LogP) is 3.54. The maximum absolute atomic E-state index is 13.2. The van der Waals surface area contributed by atoms with Gasteiger partial charge >= 0.3 is 0 Å². The third kappa shape index (κ3) is 3.75. The number of hydrogen-bond donors (Lipinski definition) is 2. The molecular formula is C14H22F2N2. The lowest BCUT2D eigenvalue weighted by molar-refractivity contribution is 0.223. The molecule has 0 radical (unpaired) electrons. The molecule has 1 aromatic rings. The van der Waals surface area contributed by atoms with Crippen molar-refractivity contribution >= 4 is 0 Å². The van der Waals surface area contributed by atoms with Gasteiger partial charge in [-0.2, -0.15) is 0 Å². The minimum absolute atomic E-state index is 0.147. The Hall–Kier alpha value is -1.00. The summed E-state index contributed by atoms with van der Waals surface area (Å²) in [5.74, 6) is 4.24. The number of halogens is 2. The fourth-order valence-electron chi connectivity index (χ4n) is 1.74. The molecule has 0 saturated carbocycles. The van der Waals surface area contributed by atoms with E-state index in [1.807, 2.05) is 0 Å². The highest BCUT2D eigenvalue weighted by molar-refractivity contribution is 5.21. The van der Waals surface area contributed by atoms with E-state index in [9.17, 15) is 8.78 Å². The van der Waals surface area contributed by atoms with Gasteiger partial charge in [0.05, 0.1) is 0 Å². The Morgan fingerprint density at radius 2 is 1.83 bits per heavy atom. The molecule has 0 saturated heterocycles. The number of nitrogens with two attached hydrogens (primary N) is 1. The molecule has 2 unspecified atom stereocenters. The highest BCUT2D eigenvalue weighted by atomic mass is 19.2. The number of benzene rings is 1. The van der Waals surface area contributed by atoms with E-state index in [0.29, 0.717) is 11.5 Å². The largest absolute Gasteiger partial charge is 0.271 e. The first-order chi connectivity index (χ1) is 8.25. The van der Waals surface area contributed by atoms with E-state index in [0.717, 1.165) is 12.5 Å². The molecule has 1 rings (SSSR count). The van der Waals surface area contributed by atoms with E-state index in [-0.39, 0.29) is 11.5 Å². The average molecular weight is 256 g/mol. The van der Waals surface area contributed by atoms with Gasteiger partial charge in [0.1, 0.15) is 0 Å². The number of rotatable bonds is 4. The Bertz CT molecular complexity index is 399. The molecule has 0 aliphatic carbocycles. The van der Waals surface area contributed by atoms with Crippen molar-refractivity contribution in [2.45, 2.75) is 40.2 Å².